The van der Waals surface area contributed by atoms with Crippen molar-refractivity contribution in [3.05, 3.63) is 28.8 Å². The van der Waals surface area contributed by atoms with Gasteiger partial charge in [0.1, 0.15) is 5.75 Å². The minimum atomic E-state index is 0. The fourth-order valence-corrected chi connectivity index (χ4v) is 2.04. The average molecular weight is 426 g/mol. The molecule has 0 radical (unpaired) electrons. The van der Waals surface area contributed by atoms with Gasteiger partial charge in [0, 0.05) is 25.2 Å². The number of halogens is 2. The fraction of sp³-hybridized carbons (Fsp3) is 0.533. The number of nitrogens with one attached hydrogen (secondary N) is 2. The number of benzene rings is 1. The summed E-state index contributed by atoms with van der Waals surface area (Å²) in [6.45, 7) is 3.90. The SMILES string of the molecule is CCCCNC(=NC)NCCc1ccc(OC)cc1Cl.I. The van der Waals surface area contributed by atoms with Crippen LogP contribution in [0.1, 0.15) is 25.3 Å². The summed E-state index contributed by atoms with van der Waals surface area (Å²) in [5.41, 5.74) is 1.10. The number of unbranched alkanes of at least 4 members (excludes halogenated alkanes) is 1. The molecule has 0 aliphatic rings. The second-order valence-corrected chi connectivity index (χ2v) is 4.89. The van der Waals surface area contributed by atoms with Crippen LogP contribution >= 0.6 is 35.6 Å². The van der Waals surface area contributed by atoms with E-state index in [2.05, 4.69) is 22.5 Å². The summed E-state index contributed by atoms with van der Waals surface area (Å²) in [5, 5.41) is 7.29. The second kappa shape index (κ2) is 11.9. The summed E-state index contributed by atoms with van der Waals surface area (Å²) < 4.78 is 5.14. The summed E-state index contributed by atoms with van der Waals surface area (Å²) in [6, 6.07) is 5.76. The largest absolute Gasteiger partial charge is 0.497 e. The van der Waals surface area contributed by atoms with E-state index in [4.69, 9.17) is 16.3 Å². The highest BCUT2D eigenvalue weighted by molar-refractivity contribution is 14.0. The first-order chi connectivity index (χ1) is 9.71. The molecule has 0 aliphatic heterocycles. The Labute approximate surface area is 149 Å². The molecule has 0 unspecified atom stereocenters. The van der Waals surface area contributed by atoms with Crippen molar-refractivity contribution in [2.45, 2.75) is 26.2 Å². The molecular weight excluding hydrogens is 401 g/mol. The molecule has 6 heteroatoms. The predicted octanol–water partition coefficient (Wildman–Crippen LogP) is 3.47. The maximum Gasteiger partial charge on any atom is 0.190 e. The summed E-state index contributed by atoms with van der Waals surface area (Å²) >= 11 is 6.21. The van der Waals surface area contributed by atoms with E-state index in [9.17, 15) is 0 Å². The molecule has 0 amide bonds. The van der Waals surface area contributed by atoms with Crippen molar-refractivity contribution >= 4 is 41.5 Å². The minimum Gasteiger partial charge on any atom is -0.497 e. The molecule has 120 valence electrons. The van der Waals surface area contributed by atoms with Crippen molar-refractivity contribution < 1.29 is 4.74 Å². The number of methoxy groups -OCH3 is 1. The molecule has 0 saturated carbocycles. The van der Waals surface area contributed by atoms with Crippen molar-refractivity contribution in [3.63, 3.8) is 0 Å². The van der Waals surface area contributed by atoms with Crippen LogP contribution in [-0.4, -0.2) is 33.2 Å². The third-order valence-electron chi connectivity index (χ3n) is 2.99. The van der Waals surface area contributed by atoms with Crippen molar-refractivity contribution in [2.75, 3.05) is 27.2 Å². The lowest BCUT2D eigenvalue weighted by Crippen LogP contribution is -2.38. The van der Waals surface area contributed by atoms with Gasteiger partial charge in [0.15, 0.2) is 5.96 Å². The molecule has 0 spiro atoms. The van der Waals surface area contributed by atoms with Gasteiger partial charge in [0.05, 0.1) is 7.11 Å². The van der Waals surface area contributed by atoms with Crippen LogP contribution in [0.15, 0.2) is 23.2 Å². The Hall–Kier alpha value is -0.690. The van der Waals surface area contributed by atoms with Crippen LogP contribution in [0.4, 0.5) is 0 Å². The van der Waals surface area contributed by atoms with E-state index in [1.54, 1.807) is 14.2 Å². The third kappa shape index (κ3) is 7.76. The van der Waals surface area contributed by atoms with Crippen LogP contribution < -0.4 is 15.4 Å². The van der Waals surface area contributed by atoms with Crippen LogP contribution in [0.25, 0.3) is 0 Å². The Morgan fingerprint density at radius 3 is 2.57 bits per heavy atom. The highest BCUT2D eigenvalue weighted by Gasteiger charge is 2.03. The van der Waals surface area contributed by atoms with E-state index in [1.165, 1.54) is 6.42 Å². The standard InChI is InChI=1S/C15H24ClN3O.HI/c1-4-5-9-18-15(17-2)19-10-8-12-6-7-13(20-3)11-14(12)16;/h6-7,11H,4-5,8-10H2,1-3H3,(H2,17,18,19);1H. The van der Waals surface area contributed by atoms with Gasteiger partial charge in [-0.3, -0.25) is 4.99 Å². The maximum atomic E-state index is 6.21. The average Bonchev–Trinajstić information content (AvgIpc) is 2.47. The van der Waals surface area contributed by atoms with E-state index in [0.29, 0.717) is 0 Å². The molecule has 0 atom stereocenters. The molecule has 1 rings (SSSR count). The van der Waals surface area contributed by atoms with Crippen molar-refractivity contribution in [2.24, 2.45) is 4.99 Å². The Morgan fingerprint density at radius 2 is 2.00 bits per heavy atom. The lowest BCUT2D eigenvalue weighted by molar-refractivity contribution is 0.414. The van der Waals surface area contributed by atoms with E-state index in [1.807, 2.05) is 18.2 Å². The fourth-order valence-electron chi connectivity index (χ4n) is 1.78. The van der Waals surface area contributed by atoms with Gasteiger partial charge in [-0.05, 0) is 30.5 Å². The van der Waals surface area contributed by atoms with Crippen LogP contribution in [-0.2, 0) is 6.42 Å². The molecule has 21 heavy (non-hydrogen) atoms. The number of ether oxygens (including phenoxy) is 1. The molecule has 0 heterocycles. The third-order valence-corrected chi connectivity index (χ3v) is 3.35. The van der Waals surface area contributed by atoms with Crippen molar-refractivity contribution in [3.8, 4) is 5.75 Å². The zero-order chi connectivity index (χ0) is 14.8. The molecule has 0 aliphatic carbocycles. The zero-order valence-electron chi connectivity index (χ0n) is 12.9. The summed E-state index contributed by atoms with van der Waals surface area (Å²) in [7, 11) is 3.42. The quantitative estimate of drug-likeness (QED) is 0.304. The number of rotatable bonds is 7. The zero-order valence-corrected chi connectivity index (χ0v) is 16.0. The molecule has 0 aromatic heterocycles. The number of hydrogen-bond acceptors (Lipinski definition) is 2. The lowest BCUT2D eigenvalue weighted by Gasteiger charge is -2.12. The van der Waals surface area contributed by atoms with Crippen LogP contribution in [0.5, 0.6) is 5.75 Å². The molecular formula is C15H25ClIN3O. The maximum absolute atomic E-state index is 6.21. The first kappa shape index (κ1) is 20.3. The van der Waals surface area contributed by atoms with Gasteiger partial charge < -0.3 is 15.4 Å². The Balaban J connectivity index is 0.00000400. The highest BCUT2D eigenvalue weighted by Crippen LogP contribution is 2.22. The van der Waals surface area contributed by atoms with E-state index < -0.39 is 0 Å². The van der Waals surface area contributed by atoms with Crippen LogP contribution in [0, 0.1) is 0 Å². The van der Waals surface area contributed by atoms with Crippen LogP contribution in [0.2, 0.25) is 5.02 Å². The first-order valence-electron chi connectivity index (χ1n) is 6.98. The summed E-state index contributed by atoms with van der Waals surface area (Å²) in [4.78, 5) is 4.18. The molecule has 4 nitrogen and oxygen atoms in total. The monoisotopic (exact) mass is 425 g/mol. The summed E-state index contributed by atoms with van der Waals surface area (Å²) in [5.74, 6) is 1.62. The number of guanidine groups is 1. The predicted molar refractivity (Wildman–Crippen MR) is 101 cm³/mol. The van der Waals surface area contributed by atoms with Crippen LogP contribution in [0.3, 0.4) is 0 Å². The van der Waals surface area contributed by atoms with Gasteiger partial charge in [-0.2, -0.15) is 0 Å². The van der Waals surface area contributed by atoms with Gasteiger partial charge in [-0.1, -0.05) is 31.0 Å². The van der Waals surface area contributed by atoms with Crippen molar-refractivity contribution in [1.82, 2.24) is 10.6 Å². The lowest BCUT2D eigenvalue weighted by atomic mass is 10.1. The number of hydrogen-bond donors (Lipinski definition) is 2. The van der Waals surface area contributed by atoms with Gasteiger partial charge in [-0.25, -0.2) is 0 Å². The Bertz CT molecular complexity index is 441. The molecule has 2 N–H and O–H groups in total. The van der Waals surface area contributed by atoms with Gasteiger partial charge in [-0.15, -0.1) is 24.0 Å². The normalized spacial score (nSPS) is 10.8. The topological polar surface area (TPSA) is 45.7 Å². The molecule has 0 fully saturated rings. The van der Waals surface area contributed by atoms with Crippen molar-refractivity contribution in [1.29, 1.82) is 0 Å². The Morgan fingerprint density at radius 1 is 1.29 bits per heavy atom. The Kier molecular flexibility index (Phi) is 11.5. The number of nitrogens with zero attached hydrogens (tertiary/aromatic N) is 1. The second-order valence-electron chi connectivity index (χ2n) is 4.49. The van der Waals surface area contributed by atoms with Gasteiger partial charge in [0.25, 0.3) is 0 Å². The number of aliphatic imine (C=N–C) groups is 1. The summed E-state index contributed by atoms with van der Waals surface area (Å²) in [6.07, 6.45) is 3.16. The highest BCUT2D eigenvalue weighted by atomic mass is 127. The smallest absolute Gasteiger partial charge is 0.190 e. The van der Waals surface area contributed by atoms with E-state index in [0.717, 1.165) is 48.2 Å². The van der Waals surface area contributed by atoms with E-state index in [-0.39, 0.29) is 24.0 Å². The molecule has 0 saturated heterocycles. The minimum absolute atomic E-state index is 0. The molecule has 1 aromatic carbocycles. The first-order valence-corrected chi connectivity index (χ1v) is 7.36. The van der Waals surface area contributed by atoms with Gasteiger partial charge in [0.2, 0.25) is 0 Å². The van der Waals surface area contributed by atoms with Gasteiger partial charge >= 0.3 is 0 Å². The van der Waals surface area contributed by atoms with E-state index >= 15 is 0 Å². The molecule has 1 aromatic rings. The molecule has 0 bridgehead atoms.